The standard InChI is InChI=1S/C24H15N/c1-2-6-15(7-3-1)20-14-25-24-19-11-5-9-17-13-12-16-8-4-10-18(23(20)24)21(16)22(17)19/h1-14,25H. The summed E-state index contributed by atoms with van der Waals surface area (Å²) < 4.78 is 0. The predicted molar refractivity (Wildman–Crippen MR) is 107 cm³/mol. The average molecular weight is 317 g/mol. The van der Waals surface area contributed by atoms with Crippen LogP contribution in [-0.2, 0) is 0 Å². The van der Waals surface area contributed by atoms with Crippen LogP contribution in [0.5, 0.6) is 0 Å². The van der Waals surface area contributed by atoms with Crippen LogP contribution in [0.15, 0.2) is 85.1 Å². The van der Waals surface area contributed by atoms with Crippen LogP contribution in [0.4, 0.5) is 0 Å². The van der Waals surface area contributed by atoms with E-state index in [4.69, 9.17) is 0 Å². The molecule has 0 spiro atoms. The minimum atomic E-state index is 1.23. The van der Waals surface area contributed by atoms with Crippen molar-refractivity contribution in [3.05, 3.63) is 85.1 Å². The number of H-pyrrole nitrogens is 1. The summed E-state index contributed by atoms with van der Waals surface area (Å²) in [5, 5.41) is 9.31. The lowest BCUT2D eigenvalue weighted by molar-refractivity contribution is 1.49. The molecule has 0 fully saturated rings. The zero-order valence-electron chi connectivity index (χ0n) is 13.6. The van der Waals surface area contributed by atoms with E-state index in [0.29, 0.717) is 0 Å². The number of nitrogens with one attached hydrogen (secondary N) is 1. The SMILES string of the molecule is c1ccc(-c2c[nH]c3c4cccc5ccc6cccc(c23)c6c54)cc1. The fraction of sp³-hybridized carbons (Fsp3) is 0. The maximum Gasteiger partial charge on any atom is 0.0546 e. The van der Waals surface area contributed by atoms with Gasteiger partial charge >= 0.3 is 0 Å². The number of benzene rings is 5. The molecule has 0 atom stereocenters. The van der Waals surface area contributed by atoms with E-state index in [1.54, 1.807) is 0 Å². The topological polar surface area (TPSA) is 15.8 Å². The van der Waals surface area contributed by atoms with E-state index in [9.17, 15) is 0 Å². The molecule has 0 aliphatic carbocycles. The van der Waals surface area contributed by atoms with Crippen molar-refractivity contribution in [3.63, 3.8) is 0 Å². The Bertz CT molecular complexity index is 1370. The van der Waals surface area contributed by atoms with Crippen LogP contribution in [0.1, 0.15) is 0 Å². The van der Waals surface area contributed by atoms with Gasteiger partial charge in [0, 0.05) is 22.5 Å². The van der Waals surface area contributed by atoms with Crippen molar-refractivity contribution in [2.24, 2.45) is 0 Å². The minimum absolute atomic E-state index is 1.23. The molecule has 1 heterocycles. The molecule has 0 amide bonds. The van der Waals surface area contributed by atoms with Gasteiger partial charge in [-0.2, -0.15) is 0 Å². The molecule has 1 nitrogen and oxygen atoms in total. The number of hydrogen-bond donors (Lipinski definition) is 1. The highest BCUT2D eigenvalue weighted by Gasteiger charge is 2.16. The van der Waals surface area contributed by atoms with Gasteiger partial charge in [-0.1, -0.05) is 78.9 Å². The summed E-state index contributed by atoms with van der Waals surface area (Å²) >= 11 is 0. The molecule has 0 saturated carbocycles. The molecule has 0 bridgehead atoms. The van der Waals surface area contributed by atoms with Gasteiger partial charge in [-0.25, -0.2) is 0 Å². The number of aromatic nitrogens is 1. The van der Waals surface area contributed by atoms with Crippen LogP contribution in [0.3, 0.4) is 0 Å². The Labute approximate surface area is 144 Å². The Morgan fingerprint density at radius 2 is 1.20 bits per heavy atom. The zero-order valence-corrected chi connectivity index (χ0v) is 13.6. The number of fused-ring (bicyclic) bond motifs is 3. The van der Waals surface area contributed by atoms with E-state index in [-0.39, 0.29) is 0 Å². The highest BCUT2D eigenvalue weighted by atomic mass is 14.7. The number of rotatable bonds is 1. The lowest BCUT2D eigenvalue weighted by Crippen LogP contribution is -1.86. The van der Waals surface area contributed by atoms with Gasteiger partial charge < -0.3 is 4.98 Å². The van der Waals surface area contributed by atoms with Gasteiger partial charge in [0.25, 0.3) is 0 Å². The molecule has 1 N–H and O–H groups in total. The molecule has 1 heteroatoms. The van der Waals surface area contributed by atoms with E-state index in [0.717, 1.165) is 0 Å². The molecule has 6 rings (SSSR count). The third kappa shape index (κ3) is 1.62. The Morgan fingerprint density at radius 1 is 0.520 bits per heavy atom. The summed E-state index contributed by atoms with van der Waals surface area (Å²) in [4.78, 5) is 3.57. The highest BCUT2D eigenvalue weighted by molar-refractivity contribution is 6.34. The third-order valence-electron chi connectivity index (χ3n) is 5.39. The molecular weight excluding hydrogens is 302 g/mol. The summed E-state index contributed by atoms with van der Waals surface area (Å²) in [6.07, 6.45) is 2.16. The monoisotopic (exact) mass is 317 g/mol. The second-order valence-electron chi connectivity index (χ2n) is 6.69. The molecule has 0 aliphatic rings. The summed E-state index contributed by atoms with van der Waals surface area (Å²) in [5.41, 5.74) is 3.76. The van der Waals surface area contributed by atoms with Gasteiger partial charge in [0.15, 0.2) is 0 Å². The first kappa shape index (κ1) is 13.0. The maximum absolute atomic E-state index is 3.57. The number of aromatic amines is 1. The van der Waals surface area contributed by atoms with Crippen molar-refractivity contribution in [2.45, 2.75) is 0 Å². The van der Waals surface area contributed by atoms with E-state index in [1.165, 1.54) is 54.3 Å². The van der Waals surface area contributed by atoms with E-state index in [2.05, 4.69) is 90.0 Å². The first-order valence-corrected chi connectivity index (χ1v) is 8.64. The van der Waals surface area contributed by atoms with Gasteiger partial charge in [-0.15, -0.1) is 0 Å². The summed E-state index contributed by atoms with van der Waals surface area (Å²) in [7, 11) is 0. The Hall–Kier alpha value is -3.32. The van der Waals surface area contributed by atoms with Crippen molar-refractivity contribution in [3.8, 4) is 11.1 Å². The van der Waals surface area contributed by atoms with Gasteiger partial charge in [0.1, 0.15) is 0 Å². The third-order valence-corrected chi connectivity index (χ3v) is 5.39. The predicted octanol–water partition coefficient (Wildman–Crippen LogP) is 6.73. The second-order valence-corrected chi connectivity index (χ2v) is 6.69. The Kier molecular flexibility index (Phi) is 2.40. The zero-order chi connectivity index (χ0) is 16.4. The van der Waals surface area contributed by atoms with Crippen molar-refractivity contribution < 1.29 is 0 Å². The summed E-state index contributed by atoms with van der Waals surface area (Å²) in [5.74, 6) is 0. The van der Waals surface area contributed by atoms with Crippen molar-refractivity contribution in [2.75, 3.05) is 0 Å². The summed E-state index contributed by atoms with van der Waals surface area (Å²) in [6, 6.07) is 28.4. The quantitative estimate of drug-likeness (QED) is 0.323. The fourth-order valence-electron chi connectivity index (χ4n) is 4.33. The Morgan fingerprint density at radius 3 is 1.96 bits per heavy atom. The molecular formula is C24H15N. The first-order valence-electron chi connectivity index (χ1n) is 8.64. The van der Waals surface area contributed by atoms with Gasteiger partial charge in [-0.3, -0.25) is 0 Å². The van der Waals surface area contributed by atoms with Gasteiger partial charge in [0.05, 0.1) is 5.52 Å². The van der Waals surface area contributed by atoms with E-state index in [1.807, 2.05) is 0 Å². The maximum atomic E-state index is 3.57. The molecule has 0 saturated heterocycles. The van der Waals surface area contributed by atoms with Crippen LogP contribution < -0.4 is 0 Å². The molecule has 6 aromatic rings. The van der Waals surface area contributed by atoms with Gasteiger partial charge in [0.2, 0.25) is 0 Å². The first-order chi connectivity index (χ1) is 12.4. The van der Waals surface area contributed by atoms with Crippen LogP contribution >= 0.6 is 0 Å². The molecule has 0 aliphatic heterocycles. The Balaban J connectivity index is 1.95. The van der Waals surface area contributed by atoms with Crippen molar-refractivity contribution >= 4 is 43.2 Å². The fourth-order valence-corrected chi connectivity index (χ4v) is 4.33. The second kappa shape index (κ2) is 4.61. The lowest BCUT2D eigenvalue weighted by atomic mass is 9.90. The van der Waals surface area contributed by atoms with Gasteiger partial charge in [-0.05, 0) is 32.5 Å². The molecule has 25 heavy (non-hydrogen) atoms. The van der Waals surface area contributed by atoms with Crippen molar-refractivity contribution in [1.82, 2.24) is 4.98 Å². The summed E-state index contributed by atoms with van der Waals surface area (Å²) in [6.45, 7) is 0. The van der Waals surface area contributed by atoms with E-state index < -0.39 is 0 Å². The molecule has 5 aromatic carbocycles. The van der Waals surface area contributed by atoms with Crippen LogP contribution in [-0.4, -0.2) is 4.98 Å². The van der Waals surface area contributed by atoms with Crippen LogP contribution in [0.25, 0.3) is 54.3 Å². The molecule has 116 valence electrons. The largest absolute Gasteiger partial charge is 0.360 e. The molecule has 0 radical (unpaired) electrons. The minimum Gasteiger partial charge on any atom is -0.360 e. The molecule has 0 unspecified atom stereocenters. The number of hydrogen-bond acceptors (Lipinski definition) is 0. The average Bonchev–Trinajstić information content (AvgIpc) is 3.13. The van der Waals surface area contributed by atoms with Crippen LogP contribution in [0.2, 0.25) is 0 Å². The normalized spacial score (nSPS) is 12.0. The van der Waals surface area contributed by atoms with Crippen LogP contribution in [0, 0.1) is 0 Å². The van der Waals surface area contributed by atoms with E-state index >= 15 is 0 Å². The smallest absolute Gasteiger partial charge is 0.0546 e. The van der Waals surface area contributed by atoms with Crippen molar-refractivity contribution in [1.29, 1.82) is 0 Å². The lowest BCUT2D eigenvalue weighted by Gasteiger charge is -2.13. The highest BCUT2D eigenvalue weighted by Crippen LogP contribution is 2.43. The molecule has 1 aromatic heterocycles.